The number of nitrogens with one attached hydrogen (secondary N) is 2. The van der Waals surface area contributed by atoms with Gasteiger partial charge in [0.25, 0.3) is 5.91 Å². The molecular weight excluding hydrogens is 302 g/mol. The van der Waals surface area contributed by atoms with E-state index in [0.717, 1.165) is 25.9 Å². The normalized spacial score (nSPS) is 15.7. The molecule has 2 N–H and O–H groups in total. The fourth-order valence-electron chi connectivity index (χ4n) is 2.70. The van der Waals surface area contributed by atoms with Crippen molar-refractivity contribution < 1.29 is 9.32 Å². The highest BCUT2D eigenvalue weighted by Crippen LogP contribution is 2.31. The zero-order chi connectivity index (χ0) is 15.5. The molecule has 1 aromatic heterocycles. The van der Waals surface area contributed by atoms with E-state index >= 15 is 0 Å². The second kappa shape index (κ2) is 6.50. The van der Waals surface area contributed by atoms with Gasteiger partial charge in [0, 0.05) is 11.6 Å². The standard InChI is InChI=1S/C16H18ClN3O2/c1-10-14(16(21)19-11-6-8-18-9-7-11)15(20-22-10)12-4-2-3-5-13(12)17/h2-5,11,18H,6-9H2,1H3,(H,19,21). The van der Waals surface area contributed by atoms with Crippen LogP contribution in [0.2, 0.25) is 5.02 Å². The number of hydrogen-bond acceptors (Lipinski definition) is 4. The van der Waals surface area contributed by atoms with Crippen LogP contribution in [0.1, 0.15) is 29.0 Å². The fraction of sp³-hybridized carbons (Fsp3) is 0.375. The van der Waals surface area contributed by atoms with Crippen LogP contribution in [0.5, 0.6) is 0 Å². The lowest BCUT2D eigenvalue weighted by Gasteiger charge is -2.23. The summed E-state index contributed by atoms with van der Waals surface area (Å²) in [6.07, 6.45) is 1.86. The van der Waals surface area contributed by atoms with Crippen LogP contribution in [0.4, 0.5) is 0 Å². The molecule has 1 aromatic carbocycles. The van der Waals surface area contributed by atoms with Crippen LogP contribution in [0.15, 0.2) is 28.8 Å². The van der Waals surface area contributed by atoms with E-state index in [1.54, 1.807) is 13.0 Å². The smallest absolute Gasteiger partial charge is 0.257 e. The number of benzene rings is 1. The van der Waals surface area contributed by atoms with Gasteiger partial charge in [-0.3, -0.25) is 4.79 Å². The average molecular weight is 320 g/mol. The molecule has 2 heterocycles. The number of rotatable bonds is 3. The number of piperidine rings is 1. The first-order chi connectivity index (χ1) is 10.7. The van der Waals surface area contributed by atoms with Crippen molar-refractivity contribution in [2.75, 3.05) is 13.1 Å². The highest BCUT2D eigenvalue weighted by molar-refractivity contribution is 6.33. The molecule has 0 unspecified atom stereocenters. The summed E-state index contributed by atoms with van der Waals surface area (Å²) in [5.41, 5.74) is 1.66. The molecule has 3 rings (SSSR count). The van der Waals surface area contributed by atoms with Crippen molar-refractivity contribution in [2.45, 2.75) is 25.8 Å². The highest BCUT2D eigenvalue weighted by Gasteiger charge is 2.25. The highest BCUT2D eigenvalue weighted by atomic mass is 35.5. The summed E-state index contributed by atoms with van der Waals surface area (Å²) in [6.45, 7) is 3.58. The monoisotopic (exact) mass is 319 g/mol. The fourth-order valence-corrected chi connectivity index (χ4v) is 2.93. The summed E-state index contributed by atoms with van der Waals surface area (Å²) >= 11 is 6.21. The van der Waals surface area contributed by atoms with Crippen LogP contribution in [-0.4, -0.2) is 30.2 Å². The van der Waals surface area contributed by atoms with E-state index in [0.29, 0.717) is 27.6 Å². The number of aromatic nitrogens is 1. The van der Waals surface area contributed by atoms with Crippen molar-refractivity contribution in [2.24, 2.45) is 0 Å². The molecule has 0 radical (unpaired) electrons. The first kappa shape index (κ1) is 15.1. The minimum atomic E-state index is -0.152. The lowest BCUT2D eigenvalue weighted by Crippen LogP contribution is -2.42. The number of nitrogens with zero attached hydrogens (tertiary/aromatic N) is 1. The van der Waals surface area contributed by atoms with Gasteiger partial charge in [-0.25, -0.2) is 0 Å². The van der Waals surface area contributed by atoms with Crippen LogP contribution < -0.4 is 10.6 Å². The molecule has 0 saturated carbocycles. The number of hydrogen-bond donors (Lipinski definition) is 2. The van der Waals surface area contributed by atoms with Gasteiger partial charge in [-0.2, -0.15) is 0 Å². The van der Waals surface area contributed by atoms with E-state index in [-0.39, 0.29) is 11.9 Å². The summed E-state index contributed by atoms with van der Waals surface area (Å²) in [5, 5.41) is 10.9. The summed E-state index contributed by atoms with van der Waals surface area (Å²) in [6, 6.07) is 7.49. The second-order valence-electron chi connectivity index (χ2n) is 5.44. The summed E-state index contributed by atoms with van der Waals surface area (Å²) in [5.74, 6) is 0.349. The van der Waals surface area contributed by atoms with Gasteiger partial charge in [0.1, 0.15) is 17.0 Å². The van der Waals surface area contributed by atoms with Crippen LogP contribution in [0.3, 0.4) is 0 Å². The molecule has 0 atom stereocenters. The minimum absolute atomic E-state index is 0.152. The van der Waals surface area contributed by atoms with Crippen LogP contribution in [0.25, 0.3) is 11.3 Å². The molecule has 116 valence electrons. The van der Waals surface area contributed by atoms with Crippen LogP contribution >= 0.6 is 11.6 Å². The number of aryl methyl sites for hydroxylation is 1. The van der Waals surface area contributed by atoms with Crippen molar-refractivity contribution >= 4 is 17.5 Å². The van der Waals surface area contributed by atoms with E-state index < -0.39 is 0 Å². The maximum Gasteiger partial charge on any atom is 0.257 e. The van der Waals surface area contributed by atoms with Gasteiger partial charge >= 0.3 is 0 Å². The maximum absolute atomic E-state index is 12.6. The van der Waals surface area contributed by atoms with Crippen LogP contribution in [0, 0.1) is 6.92 Å². The molecular formula is C16H18ClN3O2. The van der Waals surface area contributed by atoms with E-state index in [4.69, 9.17) is 16.1 Å². The predicted octanol–water partition coefficient (Wildman–Crippen LogP) is 2.79. The molecule has 0 aliphatic carbocycles. The van der Waals surface area contributed by atoms with Crippen molar-refractivity contribution in [1.82, 2.24) is 15.8 Å². The average Bonchev–Trinajstić information content (AvgIpc) is 2.90. The Balaban J connectivity index is 1.89. The van der Waals surface area contributed by atoms with Gasteiger partial charge in [-0.15, -0.1) is 0 Å². The van der Waals surface area contributed by atoms with E-state index in [9.17, 15) is 4.79 Å². The number of carbonyl (C=O) groups is 1. The topological polar surface area (TPSA) is 67.2 Å². The maximum atomic E-state index is 12.6. The Hall–Kier alpha value is -1.85. The van der Waals surface area contributed by atoms with Gasteiger partial charge in [0.2, 0.25) is 0 Å². The first-order valence-electron chi connectivity index (χ1n) is 7.39. The Morgan fingerprint density at radius 3 is 2.82 bits per heavy atom. The molecule has 1 aliphatic heterocycles. The van der Waals surface area contributed by atoms with Gasteiger partial charge in [-0.1, -0.05) is 35.0 Å². The zero-order valence-corrected chi connectivity index (χ0v) is 13.1. The molecule has 2 aromatic rings. The van der Waals surface area contributed by atoms with E-state index in [1.807, 2.05) is 18.2 Å². The third-order valence-corrected chi connectivity index (χ3v) is 4.22. The molecule has 5 nitrogen and oxygen atoms in total. The quantitative estimate of drug-likeness (QED) is 0.913. The first-order valence-corrected chi connectivity index (χ1v) is 7.77. The Bertz CT molecular complexity index is 678. The SMILES string of the molecule is Cc1onc(-c2ccccc2Cl)c1C(=O)NC1CCNCC1. The third kappa shape index (κ3) is 3.00. The third-order valence-electron chi connectivity index (χ3n) is 3.89. The summed E-state index contributed by atoms with van der Waals surface area (Å²) in [4.78, 5) is 12.6. The van der Waals surface area contributed by atoms with Gasteiger partial charge in [0.05, 0.1) is 5.02 Å². The molecule has 1 saturated heterocycles. The molecule has 0 bridgehead atoms. The summed E-state index contributed by atoms with van der Waals surface area (Å²) in [7, 11) is 0. The van der Waals surface area contributed by atoms with Crippen molar-refractivity contribution in [3.05, 3.63) is 40.6 Å². The van der Waals surface area contributed by atoms with Crippen LogP contribution in [-0.2, 0) is 0 Å². The van der Waals surface area contributed by atoms with Crippen molar-refractivity contribution in [1.29, 1.82) is 0 Å². The molecule has 1 fully saturated rings. The lowest BCUT2D eigenvalue weighted by atomic mass is 10.0. The van der Waals surface area contributed by atoms with E-state index in [1.165, 1.54) is 0 Å². The molecule has 1 amide bonds. The number of carbonyl (C=O) groups excluding carboxylic acids is 1. The minimum Gasteiger partial charge on any atom is -0.360 e. The Labute approximate surface area is 134 Å². The van der Waals surface area contributed by atoms with Gasteiger partial charge < -0.3 is 15.2 Å². The van der Waals surface area contributed by atoms with Crippen molar-refractivity contribution in [3.8, 4) is 11.3 Å². The van der Waals surface area contributed by atoms with E-state index in [2.05, 4.69) is 15.8 Å². The molecule has 0 spiro atoms. The van der Waals surface area contributed by atoms with Crippen molar-refractivity contribution in [3.63, 3.8) is 0 Å². The zero-order valence-electron chi connectivity index (χ0n) is 12.4. The van der Waals surface area contributed by atoms with Gasteiger partial charge in [-0.05, 0) is 38.9 Å². The molecule has 6 heteroatoms. The largest absolute Gasteiger partial charge is 0.360 e. The predicted molar refractivity (Wildman–Crippen MR) is 85.0 cm³/mol. The Morgan fingerprint density at radius 1 is 1.36 bits per heavy atom. The lowest BCUT2D eigenvalue weighted by molar-refractivity contribution is 0.0928. The molecule has 1 aliphatic rings. The Kier molecular flexibility index (Phi) is 4.45. The number of halogens is 1. The molecule has 22 heavy (non-hydrogen) atoms. The van der Waals surface area contributed by atoms with Gasteiger partial charge in [0.15, 0.2) is 0 Å². The Morgan fingerprint density at radius 2 is 2.09 bits per heavy atom. The second-order valence-corrected chi connectivity index (χ2v) is 5.85. The number of amides is 1. The summed E-state index contributed by atoms with van der Waals surface area (Å²) < 4.78 is 5.23.